The van der Waals surface area contributed by atoms with Crippen LogP contribution < -0.4 is 14.7 Å². The summed E-state index contributed by atoms with van der Waals surface area (Å²) in [5, 5.41) is 17.2. The lowest BCUT2D eigenvalue weighted by Gasteiger charge is -2.45. The average molecular weight is 436 g/mol. The highest BCUT2D eigenvalue weighted by molar-refractivity contribution is 6.21. The molecule has 2 N–H and O–H groups in total. The molecule has 1 amide bonds. The summed E-state index contributed by atoms with van der Waals surface area (Å²) >= 11 is 0. The molecule has 2 aromatic heterocycles. The second-order valence-electron chi connectivity index (χ2n) is 8.70. The second-order valence-corrected chi connectivity index (χ2v) is 8.70. The van der Waals surface area contributed by atoms with Gasteiger partial charge in [0.05, 0.1) is 12.2 Å². The molecule has 1 saturated carbocycles. The fraction of sp³-hybridized carbons (Fsp3) is 0.545. The molecule has 2 fully saturated rings. The number of nitrogens with one attached hydrogen (secondary N) is 2. The zero-order valence-corrected chi connectivity index (χ0v) is 18.6. The number of amides is 1. The number of hydrogen-bond acceptors (Lipinski definition) is 7. The average Bonchev–Trinajstić information content (AvgIpc) is 3.53. The number of nitrogens with zero attached hydrogens (tertiary/aromatic N) is 7. The molecular weight excluding hydrogens is 406 g/mol. The summed E-state index contributed by atoms with van der Waals surface area (Å²) in [6.07, 6.45) is 11.8. The van der Waals surface area contributed by atoms with Crippen molar-refractivity contribution in [3.05, 3.63) is 18.6 Å². The van der Waals surface area contributed by atoms with Gasteiger partial charge in [-0.05, 0) is 32.6 Å². The van der Waals surface area contributed by atoms with Crippen LogP contribution in [0.25, 0.3) is 5.95 Å². The molecule has 1 saturated heterocycles. The van der Waals surface area contributed by atoms with Crippen molar-refractivity contribution in [3.63, 3.8) is 0 Å². The molecule has 0 radical (unpaired) electrons. The first-order valence-corrected chi connectivity index (χ1v) is 11.4. The number of fused-ring (bicyclic) bond motifs is 1. The monoisotopic (exact) mass is 435 g/mol. The Kier molecular flexibility index (Phi) is 5.15. The minimum absolute atomic E-state index is 0.0630. The largest absolute Gasteiger partial charge is 0.342 e. The van der Waals surface area contributed by atoms with Crippen molar-refractivity contribution >= 4 is 35.0 Å². The van der Waals surface area contributed by atoms with Gasteiger partial charge in [0, 0.05) is 31.4 Å². The van der Waals surface area contributed by atoms with Gasteiger partial charge < -0.3 is 4.90 Å². The van der Waals surface area contributed by atoms with Crippen molar-refractivity contribution in [2.24, 2.45) is 0 Å². The highest BCUT2D eigenvalue weighted by Gasteiger charge is 2.41. The molecule has 0 aromatic carbocycles. The lowest BCUT2D eigenvalue weighted by molar-refractivity contribution is -0.117. The molecule has 5 rings (SSSR count). The summed E-state index contributed by atoms with van der Waals surface area (Å²) < 4.78 is 1.76. The molecule has 2 aromatic rings. The normalized spacial score (nSPS) is 21.6. The fourth-order valence-electron chi connectivity index (χ4n) is 5.25. The summed E-state index contributed by atoms with van der Waals surface area (Å²) in [5.41, 5.74) is 0.668. The minimum Gasteiger partial charge on any atom is -0.342 e. The molecule has 1 atom stereocenters. The highest BCUT2D eigenvalue weighted by Crippen LogP contribution is 2.40. The van der Waals surface area contributed by atoms with E-state index in [2.05, 4.69) is 21.8 Å². The Morgan fingerprint density at radius 2 is 2.00 bits per heavy atom. The standard InChI is InChI=1S/C22H29N9O/c1-3-16-19(24)30(14(2)23)17-13-26-21(27-20(17)31(16)15-7-4-5-8-15)29-12-10-25-22(29)28-11-6-9-18(28)32/h10,12-13,15-16,23-24H,3-9,11H2,1-2H3. The number of amidine groups is 2. The molecule has 10 nitrogen and oxygen atoms in total. The van der Waals surface area contributed by atoms with Gasteiger partial charge in [-0.15, -0.1) is 0 Å². The first-order valence-electron chi connectivity index (χ1n) is 11.4. The quantitative estimate of drug-likeness (QED) is 0.563. The fourth-order valence-corrected chi connectivity index (χ4v) is 5.25. The zero-order valence-electron chi connectivity index (χ0n) is 18.6. The molecule has 10 heteroatoms. The number of anilines is 3. The van der Waals surface area contributed by atoms with Gasteiger partial charge in [0.2, 0.25) is 17.8 Å². The van der Waals surface area contributed by atoms with Crippen LogP contribution in [0.3, 0.4) is 0 Å². The number of imidazole rings is 1. The van der Waals surface area contributed by atoms with Crippen LogP contribution in [0.15, 0.2) is 18.6 Å². The maximum absolute atomic E-state index is 12.3. The third-order valence-corrected chi connectivity index (χ3v) is 6.71. The maximum atomic E-state index is 12.3. The van der Waals surface area contributed by atoms with Crippen LogP contribution in [0.4, 0.5) is 17.5 Å². The molecule has 168 valence electrons. The SMILES string of the molecule is CCC1C(=N)N(C(C)=N)c2cnc(-n3ccnc3N3CCCC3=O)nc2N1C1CCCC1. The molecule has 1 unspecified atom stereocenters. The van der Waals surface area contributed by atoms with Crippen LogP contribution in [-0.2, 0) is 4.79 Å². The third-order valence-electron chi connectivity index (χ3n) is 6.71. The number of carbonyl (C=O) groups excluding carboxylic acids is 1. The third kappa shape index (κ3) is 3.16. The Hall–Kier alpha value is -3.30. The Labute approximate surface area is 187 Å². The van der Waals surface area contributed by atoms with Gasteiger partial charge in [0.25, 0.3) is 0 Å². The Bertz CT molecular complexity index is 1070. The van der Waals surface area contributed by atoms with Gasteiger partial charge >= 0.3 is 0 Å². The topological polar surface area (TPSA) is 118 Å². The van der Waals surface area contributed by atoms with Gasteiger partial charge in [-0.1, -0.05) is 19.8 Å². The summed E-state index contributed by atoms with van der Waals surface area (Å²) in [6, 6.07) is 0.175. The van der Waals surface area contributed by atoms with E-state index in [-0.39, 0.29) is 17.8 Å². The van der Waals surface area contributed by atoms with Crippen LogP contribution in [-0.4, -0.2) is 55.7 Å². The van der Waals surface area contributed by atoms with Gasteiger partial charge in [0.1, 0.15) is 17.4 Å². The van der Waals surface area contributed by atoms with Crippen molar-refractivity contribution in [1.82, 2.24) is 19.5 Å². The van der Waals surface area contributed by atoms with E-state index in [0.29, 0.717) is 42.4 Å². The first kappa shape index (κ1) is 20.6. The Morgan fingerprint density at radius 3 is 2.66 bits per heavy atom. The number of carbonyl (C=O) groups is 1. The van der Waals surface area contributed by atoms with E-state index in [1.54, 1.807) is 39.9 Å². The van der Waals surface area contributed by atoms with Gasteiger partial charge in [-0.2, -0.15) is 4.98 Å². The summed E-state index contributed by atoms with van der Waals surface area (Å²) in [4.78, 5) is 31.9. The van der Waals surface area contributed by atoms with Crippen LogP contribution in [0.1, 0.15) is 58.8 Å². The molecule has 0 spiro atoms. The highest BCUT2D eigenvalue weighted by atomic mass is 16.2. The Morgan fingerprint density at radius 1 is 1.22 bits per heavy atom. The smallest absolute Gasteiger partial charge is 0.238 e. The lowest BCUT2D eigenvalue weighted by atomic mass is 10.0. The van der Waals surface area contributed by atoms with E-state index < -0.39 is 0 Å². The van der Waals surface area contributed by atoms with Crippen molar-refractivity contribution in [3.8, 4) is 5.95 Å². The number of aromatic nitrogens is 4. The van der Waals surface area contributed by atoms with E-state index in [1.807, 2.05) is 0 Å². The minimum atomic E-state index is -0.143. The first-order chi connectivity index (χ1) is 15.5. The molecule has 32 heavy (non-hydrogen) atoms. The number of rotatable bonds is 4. The summed E-state index contributed by atoms with van der Waals surface area (Å²) in [6.45, 7) is 4.42. The molecular formula is C22H29N9O. The van der Waals surface area contributed by atoms with Crippen molar-refractivity contribution in [1.29, 1.82) is 10.8 Å². The molecule has 1 aliphatic carbocycles. The summed E-state index contributed by atoms with van der Waals surface area (Å²) in [7, 11) is 0. The molecule has 3 aliphatic rings. The van der Waals surface area contributed by atoms with Gasteiger partial charge in [0.15, 0.2) is 5.82 Å². The predicted octanol–water partition coefficient (Wildman–Crippen LogP) is 3.11. The molecule has 2 aliphatic heterocycles. The van der Waals surface area contributed by atoms with Crippen LogP contribution >= 0.6 is 0 Å². The van der Waals surface area contributed by atoms with Crippen LogP contribution in [0.5, 0.6) is 0 Å². The number of hydrogen-bond donors (Lipinski definition) is 2. The Balaban J connectivity index is 1.64. The van der Waals surface area contributed by atoms with E-state index in [0.717, 1.165) is 31.5 Å². The molecule has 4 heterocycles. The van der Waals surface area contributed by atoms with Crippen molar-refractivity contribution in [2.75, 3.05) is 21.2 Å². The van der Waals surface area contributed by atoms with E-state index in [1.165, 1.54) is 12.8 Å². The van der Waals surface area contributed by atoms with Crippen LogP contribution in [0.2, 0.25) is 0 Å². The van der Waals surface area contributed by atoms with Crippen molar-refractivity contribution < 1.29 is 4.79 Å². The van der Waals surface area contributed by atoms with Gasteiger partial charge in [-0.3, -0.25) is 30.0 Å². The molecule has 0 bridgehead atoms. The van der Waals surface area contributed by atoms with E-state index in [4.69, 9.17) is 15.8 Å². The predicted molar refractivity (Wildman–Crippen MR) is 123 cm³/mol. The van der Waals surface area contributed by atoms with Gasteiger partial charge in [-0.25, -0.2) is 9.97 Å². The second kappa shape index (κ2) is 7.99. The maximum Gasteiger partial charge on any atom is 0.238 e. The van der Waals surface area contributed by atoms with E-state index in [9.17, 15) is 4.79 Å². The summed E-state index contributed by atoms with van der Waals surface area (Å²) in [5.74, 6) is 2.49. The van der Waals surface area contributed by atoms with E-state index >= 15 is 0 Å². The van der Waals surface area contributed by atoms with Crippen LogP contribution in [0, 0.1) is 10.8 Å². The van der Waals surface area contributed by atoms with Crippen molar-refractivity contribution in [2.45, 2.75) is 70.9 Å². The lowest BCUT2D eigenvalue weighted by Crippen LogP contribution is -2.57. The zero-order chi connectivity index (χ0) is 22.4.